The summed E-state index contributed by atoms with van der Waals surface area (Å²) in [4.78, 5) is 16.9. The van der Waals surface area contributed by atoms with Gasteiger partial charge in [0.25, 0.3) is 0 Å². The van der Waals surface area contributed by atoms with Crippen molar-refractivity contribution >= 4 is 23.5 Å². The third kappa shape index (κ3) is 3.75. The summed E-state index contributed by atoms with van der Waals surface area (Å²) in [7, 11) is 0. The normalized spacial score (nSPS) is 14.4. The third-order valence-corrected chi connectivity index (χ3v) is 6.00. The molecule has 1 aliphatic carbocycles. The molecule has 2 aromatic heterocycles. The smallest absolute Gasteiger partial charge is 0.235 e. The number of pyridine rings is 1. The van der Waals surface area contributed by atoms with Crippen LogP contribution in [-0.4, -0.2) is 26.4 Å². The average Bonchev–Trinajstić information content (AvgIpc) is 3.29. The van der Waals surface area contributed by atoms with Gasteiger partial charge >= 0.3 is 0 Å². The van der Waals surface area contributed by atoms with Gasteiger partial charge in [-0.2, -0.15) is 10.4 Å². The predicted octanol–water partition coefficient (Wildman–Crippen LogP) is 3.92. The number of nitrogens with zero attached hydrogens (tertiary/aromatic N) is 4. The van der Waals surface area contributed by atoms with E-state index in [4.69, 9.17) is 0 Å². The lowest BCUT2D eigenvalue weighted by molar-refractivity contribution is -0.113. The number of rotatable bonds is 5. The van der Waals surface area contributed by atoms with Crippen molar-refractivity contribution in [2.24, 2.45) is 0 Å². The molecule has 136 valence electrons. The fourth-order valence-corrected chi connectivity index (χ4v) is 4.20. The fraction of sp³-hybridized carbons (Fsp3) is 0.474. The Morgan fingerprint density at radius 3 is 2.77 bits per heavy atom. The first-order valence-corrected chi connectivity index (χ1v) is 9.84. The topological polar surface area (TPSA) is 83.6 Å². The molecule has 0 aromatic carbocycles. The van der Waals surface area contributed by atoms with Crippen LogP contribution in [0.15, 0.2) is 17.3 Å². The number of anilines is 1. The van der Waals surface area contributed by atoms with Gasteiger partial charge in [-0.15, -0.1) is 0 Å². The van der Waals surface area contributed by atoms with Gasteiger partial charge in [-0.1, -0.05) is 24.6 Å². The Hall–Kier alpha value is -2.33. The molecule has 0 radical (unpaired) electrons. The number of hydrogen-bond acceptors (Lipinski definition) is 5. The number of hydrogen-bond donors (Lipinski definition) is 1. The van der Waals surface area contributed by atoms with E-state index in [0.29, 0.717) is 16.6 Å². The maximum absolute atomic E-state index is 12.4. The van der Waals surface area contributed by atoms with Gasteiger partial charge in [0.15, 0.2) is 0 Å². The van der Waals surface area contributed by atoms with E-state index in [0.717, 1.165) is 35.5 Å². The van der Waals surface area contributed by atoms with Crippen LogP contribution in [0, 0.1) is 32.1 Å². The van der Waals surface area contributed by atoms with E-state index in [1.54, 1.807) is 6.20 Å². The van der Waals surface area contributed by atoms with Crippen molar-refractivity contribution in [2.45, 2.75) is 57.5 Å². The number of aromatic nitrogens is 3. The molecule has 26 heavy (non-hydrogen) atoms. The molecule has 0 unspecified atom stereocenters. The lowest BCUT2D eigenvalue weighted by Gasteiger charge is -2.15. The first-order chi connectivity index (χ1) is 12.5. The Kier molecular flexibility index (Phi) is 5.62. The summed E-state index contributed by atoms with van der Waals surface area (Å²) in [5, 5.41) is 17.4. The third-order valence-electron chi connectivity index (χ3n) is 5.02. The highest BCUT2D eigenvalue weighted by Gasteiger charge is 2.21. The van der Waals surface area contributed by atoms with Crippen LogP contribution in [0.4, 0.5) is 5.82 Å². The molecule has 2 aromatic rings. The van der Waals surface area contributed by atoms with Gasteiger partial charge in [-0.3, -0.25) is 4.79 Å². The maximum Gasteiger partial charge on any atom is 0.235 e. The zero-order valence-electron chi connectivity index (χ0n) is 15.4. The van der Waals surface area contributed by atoms with Crippen molar-refractivity contribution in [1.82, 2.24) is 14.8 Å². The van der Waals surface area contributed by atoms with Crippen molar-refractivity contribution in [2.75, 3.05) is 11.1 Å². The van der Waals surface area contributed by atoms with Crippen molar-refractivity contribution in [1.29, 1.82) is 5.26 Å². The standard InChI is InChI=1S/C19H23N5OS/c1-12-13(2)16(10-20)19(22-14(12)3)26-11-18(25)23-17-8-9-21-24(17)15-6-4-5-7-15/h8-9,15H,4-7,11H2,1-3H3,(H,23,25). The molecular weight excluding hydrogens is 346 g/mol. The molecule has 3 rings (SSSR count). The van der Waals surface area contributed by atoms with Crippen LogP contribution in [0.1, 0.15) is 54.1 Å². The summed E-state index contributed by atoms with van der Waals surface area (Å²) in [5.41, 5.74) is 3.41. The van der Waals surface area contributed by atoms with Crippen molar-refractivity contribution < 1.29 is 4.79 Å². The van der Waals surface area contributed by atoms with Crippen LogP contribution >= 0.6 is 11.8 Å². The molecule has 7 heteroatoms. The minimum Gasteiger partial charge on any atom is -0.310 e. The number of aryl methyl sites for hydroxylation is 1. The number of nitrogens with one attached hydrogen (secondary N) is 1. The molecule has 0 spiro atoms. The Balaban J connectivity index is 1.67. The van der Waals surface area contributed by atoms with E-state index in [9.17, 15) is 10.1 Å². The van der Waals surface area contributed by atoms with Crippen LogP contribution in [-0.2, 0) is 4.79 Å². The van der Waals surface area contributed by atoms with Crippen molar-refractivity contribution in [3.63, 3.8) is 0 Å². The van der Waals surface area contributed by atoms with Gasteiger partial charge in [0.05, 0.1) is 23.6 Å². The number of thioether (sulfide) groups is 1. The summed E-state index contributed by atoms with van der Waals surface area (Å²) >= 11 is 1.30. The maximum atomic E-state index is 12.4. The highest BCUT2D eigenvalue weighted by molar-refractivity contribution is 8.00. The summed E-state index contributed by atoms with van der Waals surface area (Å²) < 4.78 is 1.93. The van der Waals surface area contributed by atoms with Crippen LogP contribution in [0.25, 0.3) is 0 Å². The van der Waals surface area contributed by atoms with E-state index in [1.165, 1.54) is 24.6 Å². The molecular formula is C19H23N5OS. The summed E-state index contributed by atoms with van der Waals surface area (Å²) in [6.45, 7) is 5.81. The average molecular weight is 369 g/mol. The van der Waals surface area contributed by atoms with Crippen LogP contribution in [0.5, 0.6) is 0 Å². The van der Waals surface area contributed by atoms with Crippen LogP contribution < -0.4 is 5.32 Å². The zero-order valence-corrected chi connectivity index (χ0v) is 16.2. The zero-order chi connectivity index (χ0) is 18.7. The minimum absolute atomic E-state index is 0.115. The Bertz CT molecular complexity index is 862. The van der Waals surface area contributed by atoms with Crippen LogP contribution in [0.2, 0.25) is 0 Å². The number of carbonyl (C=O) groups is 1. The highest BCUT2D eigenvalue weighted by atomic mass is 32.2. The molecule has 1 amide bonds. The summed E-state index contributed by atoms with van der Waals surface area (Å²) in [6, 6.07) is 4.43. The Morgan fingerprint density at radius 2 is 2.08 bits per heavy atom. The Morgan fingerprint density at radius 1 is 1.35 bits per heavy atom. The molecule has 1 aliphatic rings. The van der Waals surface area contributed by atoms with Crippen molar-refractivity contribution in [3.8, 4) is 6.07 Å². The lowest BCUT2D eigenvalue weighted by Crippen LogP contribution is -2.19. The second-order valence-corrected chi connectivity index (χ2v) is 7.64. The van der Waals surface area contributed by atoms with E-state index in [2.05, 4.69) is 21.5 Å². The molecule has 0 aliphatic heterocycles. The molecule has 2 heterocycles. The number of amides is 1. The fourth-order valence-electron chi connectivity index (χ4n) is 3.31. The number of carbonyl (C=O) groups excluding carboxylic acids is 1. The predicted molar refractivity (Wildman–Crippen MR) is 102 cm³/mol. The van der Waals surface area contributed by atoms with Gasteiger partial charge < -0.3 is 5.32 Å². The highest BCUT2D eigenvalue weighted by Crippen LogP contribution is 2.31. The van der Waals surface area contributed by atoms with E-state index in [-0.39, 0.29) is 11.7 Å². The second kappa shape index (κ2) is 7.92. The van der Waals surface area contributed by atoms with Gasteiger partial charge in [-0.05, 0) is 44.7 Å². The van der Waals surface area contributed by atoms with Gasteiger partial charge in [0, 0.05) is 11.8 Å². The Labute approximate surface area is 158 Å². The molecule has 1 N–H and O–H groups in total. The SMILES string of the molecule is Cc1nc(SCC(=O)Nc2ccnn2C2CCCC2)c(C#N)c(C)c1C. The van der Waals surface area contributed by atoms with Crippen molar-refractivity contribution in [3.05, 3.63) is 34.6 Å². The molecule has 0 saturated heterocycles. The van der Waals surface area contributed by atoms with Gasteiger partial charge in [0.2, 0.25) is 5.91 Å². The summed E-state index contributed by atoms with van der Waals surface area (Å²) in [5.74, 6) is 0.836. The molecule has 0 bridgehead atoms. The molecule has 1 saturated carbocycles. The van der Waals surface area contributed by atoms with Gasteiger partial charge in [-0.25, -0.2) is 9.67 Å². The second-order valence-electron chi connectivity index (χ2n) is 6.68. The molecule has 1 fully saturated rings. The van der Waals surface area contributed by atoms with E-state index in [1.807, 2.05) is 31.5 Å². The van der Waals surface area contributed by atoms with E-state index >= 15 is 0 Å². The summed E-state index contributed by atoms with van der Waals surface area (Å²) in [6.07, 6.45) is 6.36. The number of nitriles is 1. The monoisotopic (exact) mass is 369 g/mol. The lowest BCUT2D eigenvalue weighted by atomic mass is 10.1. The minimum atomic E-state index is -0.115. The van der Waals surface area contributed by atoms with E-state index < -0.39 is 0 Å². The van der Waals surface area contributed by atoms with Gasteiger partial charge in [0.1, 0.15) is 16.9 Å². The van der Waals surface area contributed by atoms with Crippen LogP contribution in [0.3, 0.4) is 0 Å². The largest absolute Gasteiger partial charge is 0.310 e. The molecule has 0 atom stereocenters. The first-order valence-electron chi connectivity index (χ1n) is 8.85. The quantitative estimate of drug-likeness (QED) is 0.808. The first kappa shape index (κ1) is 18.5. The molecule has 6 nitrogen and oxygen atoms in total.